The van der Waals surface area contributed by atoms with Gasteiger partial charge in [0.2, 0.25) is 0 Å². The summed E-state index contributed by atoms with van der Waals surface area (Å²) in [7, 11) is -15.4. The molecule has 75 heavy (non-hydrogen) atoms. The van der Waals surface area contributed by atoms with Gasteiger partial charge in [0.05, 0.1) is 33.0 Å². The zero-order chi connectivity index (χ0) is 53.9. The first-order valence-corrected chi connectivity index (χ1v) is 29.9. The van der Waals surface area contributed by atoms with Crippen LogP contribution in [0.3, 0.4) is 0 Å². The van der Waals surface area contributed by atoms with E-state index in [-0.39, 0.29) is 39.3 Å². The van der Waals surface area contributed by atoms with Crippen molar-refractivity contribution in [3.05, 3.63) is 144 Å². The van der Waals surface area contributed by atoms with Crippen LogP contribution in [0.15, 0.2) is 121 Å². The van der Waals surface area contributed by atoms with Gasteiger partial charge in [-0.15, -0.1) is 0 Å². The van der Waals surface area contributed by atoms with E-state index in [1.807, 2.05) is 0 Å². The van der Waals surface area contributed by atoms with Gasteiger partial charge < -0.3 is 29.7 Å². The highest BCUT2D eigenvalue weighted by Gasteiger charge is 2.57. The minimum absolute atomic E-state index is 0.00635. The maximum Gasteiger partial charge on any atom is 0.475 e. The van der Waals surface area contributed by atoms with Crippen molar-refractivity contribution in [1.29, 1.82) is 0 Å². The normalized spacial score (nSPS) is 20.2. The summed E-state index contributed by atoms with van der Waals surface area (Å²) in [5.41, 5.74) is 2.08. The highest BCUT2D eigenvalue weighted by Crippen LogP contribution is 2.58. The average molecular weight is 1110 g/mol. The standard InChI is InChI=1S/C53H73O19P3/c1-3-5-7-9-23-33-46(54)63-39-45(69-47(55)34-24-10-8-6-4-2)40-64-73(59,60)70-51-48(56)52(71-74(61,65-35-41-25-15-11-16-26-41)66-36-42-27-17-12-18-28-42)50(58)53(49(51)57)72-75(62,67-37-43-29-19-13-20-30-43)68-38-44-31-21-14-22-32-44/h11-22,25-32,45,48-53,56-58H,3-10,23-24,33-40H2,1-2H3,(H,59,60)/t45-,48+,49+,50?,51?,52-,53+/m1/s1. The Balaban J connectivity index is 1.43. The predicted octanol–water partition coefficient (Wildman–Crippen LogP) is 10.6. The van der Waals surface area contributed by atoms with Crippen LogP contribution in [0.25, 0.3) is 0 Å². The van der Waals surface area contributed by atoms with E-state index < -0.39 is 91.3 Å². The largest absolute Gasteiger partial charge is 0.475 e. The zero-order valence-electron chi connectivity index (χ0n) is 42.6. The molecule has 0 aromatic heterocycles. The molecule has 0 saturated heterocycles. The Morgan fingerprint density at radius 2 is 0.787 bits per heavy atom. The number of ether oxygens (including phenoxy) is 2. The van der Waals surface area contributed by atoms with Gasteiger partial charge in [-0.25, -0.2) is 13.7 Å². The first-order valence-electron chi connectivity index (χ1n) is 25.5. The van der Waals surface area contributed by atoms with Gasteiger partial charge in [-0.05, 0) is 35.1 Å². The van der Waals surface area contributed by atoms with Gasteiger partial charge in [-0.3, -0.25) is 45.8 Å². The minimum atomic E-state index is -5.54. The number of benzene rings is 4. The third-order valence-electron chi connectivity index (χ3n) is 11.8. The van der Waals surface area contributed by atoms with Crippen LogP contribution >= 0.6 is 23.5 Å². The topological polar surface area (TPSA) is 259 Å². The quantitative estimate of drug-likeness (QED) is 0.0187. The fourth-order valence-corrected chi connectivity index (χ4v) is 11.4. The number of aliphatic hydroxyl groups is 3. The molecule has 0 spiro atoms. The van der Waals surface area contributed by atoms with Crippen LogP contribution in [0.5, 0.6) is 0 Å². The van der Waals surface area contributed by atoms with E-state index in [0.29, 0.717) is 35.1 Å². The molecular weight excluding hydrogens is 1030 g/mol. The van der Waals surface area contributed by atoms with E-state index in [0.717, 1.165) is 51.4 Å². The van der Waals surface area contributed by atoms with Gasteiger partial charge in [-0.2, -0.15) is 0 Å². The number of carbonyl (C=O) groups is 2. The van der Waals surface area contributed by atoms with Crippen molar-refractivity contribution in [2.24, 2.45) is 0 Å². The highest BCUT2D eigenvalue weighted by atomic mass is 31.2. The summed E-state index contributed by atoms with van der Waals surface area (Å²) in [6, 6.07) is 33.9. The zero-order valence-corrected chi connectivity index (χ0v) is 45.3. The Kier molecular flexibility index (Phi) is 27.0. The summed E-state index contributed by atoms with van der Waals surface area (Å²) < 4.78 is 100. The fraction of sp³-hybridized carbons (Fsp3) is 0.509. The van der Waals surface area contributed by atoms with Crippen LogP contribution in [0.4, 0.5) is 0 Å². The van der Waals surface area contributed by atoms with Gasteiger partial charge in [0, 0.05) is 12.8 Å². The average Bonchev–Trinajstić information content (AvgIpc) is 3.42. The van der Waals surface area contributed by atoms with Crippen LogP contribution in [-0.2, 0) is 95.4 Å². The number of hydrogen-bond donors (Lipinski definition) is 4. The lowest BCUT2D eigenvalue weighted by atomic mass is 9.85. The molecule has 1 saturated carbocycles. The molecule has 0 heterocycles. The molecule has 3 unspecified atom stereocenters. The summed E-state index contributed by atoms with van der Waals surface area (Å²) in [5, 5.41) is 36.0. The number of phosphoric ester groups is 3. The third kappa shape index (κ3) is 22.5. The molecule has 8 atom stereocenters. The number of rotatable bonds is 36. The second-order valence-electron chi connectivity index (χ2n) is 18.0. The van der Waals surface area contributed by atoms with Crippen LogP contribution in [-0.4, -0.2) is 88.1 Å². The minimum Gasteiger partial charge on any atom is -0.462 e. The number of esters is 2. The molecule has 4 aromatic carbocycles. The Labute approximate surface area is 439 Å². The number of phosphoric acid groups is 3. The molecule has 4 aromatic rings. The molecule has 1 aliphatic carbocycles. The van der Waals surface area contributed by atoms with Gasteiger partial charge in [0.15, 0.2) is 6.10 Å². The maximum atomic E-state index is 14.7. The van der Waals surface area contributed by atoms with Crippen molar-refractivity contribution in [1.82, 2.24) is 0 Å². The molecule has 5 rings (SSSR count). The molecule has 0 radical (unpaired) electrons. The number of unbranched alkanes of at least 4 members (excludes halogenated alkanes) is 8. The number of aliphatic hydroxyl groups excluding tert-OH is 3. The highest BCUT2D eigenvalue weighted by molar-refractivity contribution is 7.48. The van der Waals surface area contributed by atoms with Crippen LogP contribution in [0, 0.1) is 0 Å². The van der Waals surface area contributed by atoms with Gasteiger partial charge in [0.25, 0.3) is 0 Å². The van der Waals surface area contributed by atoms with E-state index in [1.165, 1.54) is 0 Å². The van der Waals surface area contributed by atoms with E-state index in [4.69, 9.17) is 45.7 Å². The monoisotopic (exact) mass is 1110 g/mol. The van der Waals surface area contributed by atoms with Gasteiger partial charge in [-0.1, -0.05) is 187 Å². The van der Waals surface area contributed by atoms with Crippen molar-refractivity contribution in [2.45, 2.75) is 160 Å². The van der Waals surface area contributed by atoms with Crippen molar-refractivity contribution < 1.29 is 89.2 Å². The SMILES string of the molecule is CCCCCCCC(=O)OC[C@H](COP(=O)(O)OC1[C@H](O)[C@H](OP(=O)(OCc2ccccc2)OCc2ccccc2)C(O)[C@H](OP(=O)(OCc2ccccc2)OCc2ccccc2)[C@H]1O)OC(=O)CCCCCCC. The van der Waals surface area contributed by atoms with Crippen molar-refractivity contribution in [3.63, 3.8) is 0 Å². The Hall–Kier alpha value is -3.97. The maximum absolute atomic E-state index is 14.7. The smallest absolute Gasteiger partial charge is 0.462 e. The van der Waals surface area contributed by atoms with E-state index >= 15 is 0 Å². The molecular formula is C53H73O19P3. The van der Waals surface area contributed by atoms with Crippen LogP contribution in [0.1, 0.15) is 113 Å². The Morgan fingerprint density at radius 1 is 0.453 bits per heavy atom. The van der Waals surface area contributed by atoms with E-state index in [2.05, 4.69) is 13.8 Å². The Morgan fingerprint density at radius 3 is 1.15 bits per heavy atom. The summed E-state index contributed by atoms with van der Waals surface area (Å²) in [6.07, 6.45) is -6.77. The summed E-state index contributed by atoms with van der Waals surface area (Å²) in [6.45, 7) is 1.20. The Bertz CT molecular complexity index is 2170. The van der Waals surface area contributed by atoms with Crippen LogP contribution in [0.2, 0.25) is 0 Å². The first-order chi connectivity index (χ1) is 36.1. The molecule has 1 aliphatic rings. The summed E-state index contributed by atoms with van der Waals surface area (Å²) >= 11 is 0. The van der Waals surface area contributed by atoms with Crippen molar-refractivity contribution in [3.8, 4) is 0 Å². The second-order valence-corrected chi connectivity index (χ2v) is 22.6. The molecule has 0 aliphatic heterocycles. The first kappa shape index (κ1) is 61.9. The van der Waals surface area contributed by atoms with E-state index in [1.54, 1.807) is 121 Å². The lowest BCUT2D eigenvalue weighted by Gasteiger charge is -2.45. The lowest BCUT2D eigenvalue weighted by molar-refractivity contribution is -0.215. The summed E-state index contributed by atoms with van der Waals surface area (Å²) in [5.74, 6) is -1.27. The second kappa shape index (κ2) is 32.7. The molecule has 414 valence electrons. The molecule has 1 fully saturated rings. The van der Waals surface area contributed by atoms with Crippen molar-refractivity contribution >= 4 is 35.4 Å². The van der Waals surface area contributed by atoms with Gasteiger partial charge >= 0.3 is 35.4 Å². The molecule has 0 bridgehead atoms. The third-order valence-corrected chi connectivity index (χ3v) is 15.6. The van der Waals surface area contributed by atoms with E-state index in [9.17, 15) is 43.5 Å². The molecule has 19 nitrogen and oxygen atoms in total. The fourth-order valence-electron chi connectivity index (χ4n) is 7.67. The van der Waals surface area contributed by atoms with Crippen molar-refractivity contribution in [2.75, 3.05) is 13.2 Å². The van der Waals surface area contributed by atoms with Crippen LogP contribution < -0.4 is 0 Å². The number of hydrogen-bond acceptors (Lipinski definition) is 18. The predicted molar refractivity (Wildman–Crippen MR) is 276 cm³/mol. The molecule has 4 N–H and O–H groups in total. The molecule has 0 amide bonds. The number of carbonyl (C=O) groups excluding carboxylic acids is 2. The molecule has 22 heteroatoms. The summed E-state index contributed by atoms with van der Waals surface area (Å²) in [4.78, 5) is 37.0. The van der Waals surface area contributed by atoms with Gasteiger partial charge in [0.1, 0.15) is 43.2 Å². The lowest BCUT2D eigenvalue weighted by Crippen LogP contribution is -2.65.